The van der Waals surface area contributed by atoms with Crippen LogP contribution in [-0.2, 0) is 0 Å². The Bertz CT molecular complexity index is 283. The zero-order chi connectivity index (χ0) is 12.5. The van der Waals surface area contributed by atoms with Crippen LogP contribution >= 0.6 is 0 Å². The second-order valence-electron chi connectivity index (χ2n) is 2.68. The van der Waals surface area contributed by atoms with E-state index in [-0.39, 0.29) is 0 Å². The Morgan fingerprint density at radius 3 is 1.19 bits per heavy atom. The van der Waals surface area contributed by atoms with Crippen LogP contribution in [0.3, 0.4) is 0 Å². The van der Waals surface area contributed by atoms with Gasteiger partial charge >= 0.3 is 0 Å². The third kappa shape index (κ3) is 22.8. The maximum atomic E-state index is 3.54. The van der Waals surface area contributed by atoms with Gasteiger partial charge in [-0.1, -0.05) is 86.1 Å². The van der Waals surface area contributed by atoms with Crippen LogP contribution in [0.1, 0.15) is 13.8 Å². The van der Waals surface area contributed by atoms with E-state index in [4.69, 9.17) is 0 Å². The van der Waals surface area contributed by atoms with Gasteiger partial charge in [0.05, 0.1) is 0 Å². The molecule has 0 nitrogen and oxygen atoms in total. The summed E-state index contributed by atoms with van der Waals surface area (Å²) in [6, 6.07) is 0. The molecular weight excluding hydrogens is 192 g/mol. The summed E-state index contributed by atoms with van der Waals surface area (Å²) in [6.45, 7) is 11.0. The van der Waals surface area contributed by atoms with Crippen LogP contribution in [0.2, 0.25) is 0 Å². The summed E-state index contributed by atoms with van der Waals surface area (Å²) in [4.78, 5) is 0. The van der Waals surface area contributed by atoms with E-state index in [2.05, 4.69) is 13.2 Å². The van der Waals surface area contributed by atoms with E-state index >= 15 is 0 Å². The first-order chi connectivity index (χ1) is 7.83. The normalized spacial score (nSPS) is 11.6. The average Bonchev–Trinajstić information content (AvgIpc) is 2.31. The molecule has 0 aliphatic carbocycles. The van der Waals surface area contributed by atoms with Crippen molar-refractivity contribution >= 4 is 0 Å². The lowest BCUT2D eigenvalue weighted by molar-refractivity contribution is 1.73. The van der Waals surface area contributed by atoms with E-state index in [1.54, 1.807) is 12.2 Å². The van der Waals surface area contributed by atoms with E-state index in [9.17, 15) is 0 Å². The number of allylic oxidation sites excluding steroid dienone is 12. The molecule has 0 aliphatic heterocycles. The van der Waals surface area contributed by atoms with Crippen LogP contribution in [0.5, 0.6) is 0 Å². The van der Waals surface area contributed by atoms with Crippen molar-refractivity contribution in [1.29, 1.82) is 0 Å². The highest BCUT2D eigenvalue weighted by Gasteiger charge is 1.57. The van der Waals surface area contributed by atoms with Gasteiger partial charge in [0, 0.05) is 0 Å². The summed E-state index contributed by atoms with van der Waals surface area (Å²) in [5, 5.41) is 0. The first kappa shape index (κ1) is 16.6. The molecule has 0 aromatic carbocycles. The maximum Gasteiger partial charge on any atom is -0.0467 e. The Labute approximate surface area is 100 Å². The van der Waals surface area contributed by atoms with Crippen molar-refractivity contribution in [2.75, 3.05) is 0 Å². The maximum absolute atomic E-state index is 3.54. The van der Waals surface area contributed by atoms with Crippen molar-refractivity contribution in [2.24, 2.45) is 0 Å². The molecule has 0 heteroatoms. The largest absolute Gasteiger partial charge is 0.0991 e. The lowest BCUT2D eigenvalue weighted by Gasteiger charge is -1.69. The minimum Gasteiger partial charge on any atom is -0.0991 e. The Balaban J connectivity index is 0. The Kier molecular flexibility index (Phi) is 19.6. The van der Waals surface area contributed by atoms with E-state index in [1.165, 1.54) is 0 Å². The molecule has 0 amide bonds. The van der Waals surface area contributed by atoms with E-state index in [0.717, 1.165) is 0 Å². The van der Waals surface area contributed by atoms with Crippen molar-refractivity contribution in [1.82, 2.24) is 0 Å². The van der Waals surface area contributed by atoms with Gasteiger partial charge in [-0.2, -0.15) is 0 Å². The zero-order valence-corrected chi connectivity index (χ0v) is 10.3. The van der Waals surface area contributed by atoms with Crippen molar-refractivity contribution in [3.8, 4) is 0 Å². The smallest absolute Gasteiger partial charge is 0.0467 e. The summed E-state index contributed by atoms with van der Waals surface area (Å²) in [6.07, 6.45) is 23.0. The van der Waals surface area contributed by atoms with Crippen molar-refractivity contribution in [3.63, 3.8) is 0 Å². The standard InChI is InChI=1S/C9H12.C7H10/c1-3-5-7-9-8-6-4-2;1-3-5-7-6-4-2/h3-9H,1H2,2H3;3-7H,1H2,2H3/b6-4+,7-5+,9-8+;6-4+,7-5+. The second-order valence-corrected chi connectivity index (χ2v) is 2.68. The third-order valence-electron chi connectivity index (χ3n) is 1.32. The molecule has 0 radical (unpaired) electrons. The summed E-state index contributed by atoms with van der Waals surface area (Å²) < 4.78 is 0. The first-order valence-corrected chi connectivity index (χ1v) is 5.30. The van der Waals surface area contributed by atoms with Crippen molar-refractivity contribution < 1.29 is 0 Å². The van der Waals surface area contributed by atoms with Gasteiger partial charge in [-0.25, -0.2) is 0 Å². The van der Waals surface area contributed by atoms with E-state index in [0.29, 0.717) is 0 Å². The molecule has 0 rings (SSSR count). The van der Waals surface area contributed by atoms with Gasteiger partial charge < -0.3 is 0 Å². The topological polar surface area (TPSA) is 0 Å². The number of hydrogen-bond donors (Lipinski definition) is 0. The van der Waals surface area contributed by atoms with Crippen LogP contribution in [0.25, 0.3) is 0 Å². The Morgan fingerprint density at radius 1 is 0.500 bits per heavy atom. The zero-order valence-electron chi connectivity index (χ0n) is 10.3. The first-order valence-electron chi connectivity index (χ1n) is 5.30. The molecule has 0 aliphatic rings. The van der Waals surface area contributed by atoms with Gasteiger partial charge in [0.25, 0.3) is 0 Å². The molecule has 0 bridgehead atoms. The molecule has 0 atom stereocenters. The SMILES string of the molecule is C=C/C=C/C=C/C.C=C/C=C/C=C/C=C/C. The molecule has 0 spiro atoms. The molecule has 0 aromatic heterocycles. The quantitative estimate of drug-likeness (QED) is 0.554. The van der Waals surface area contributed by atoms with Gasteiger partial charge in [-0.3, -0.25) is 0 Å². The summed E-state index contributed by atoms with van der Waals surface area (Å²) in [7, 11) is 0. The predicted molar refractivity (Wildman–Crippen MR) is 77.4 cm³/mol. The molecule has 0 unspecified atom stereocenters. The molecule has 0 heterocycles. The number of rotatable bonds is 5. The summed E-state index contributed by atoms with van der Waals surface area (Å²) >= 11 is 0. The molecule has 0 saturated carbocycles. The minimum absolute atomic E-state index is 1.75. The highest BCUT2D eigenvalue weighted by Crippen LogP contribution is 1.79. The molecular formula is C16H22. The lowest BCUT2D eigenvalue weighted by Crippen LogP contribution is -1.47. The average molecular weight is 214 g/mol. The molecule has 0 aromatic rings. The lowest BCUT2D eigenvalue weighted by atomic mass is 10.4. The van der Waals surface area contributed by atoms with Gasteiger partial charge in [-0.05, 0) is 13.8 Å². The van der Waals surface area contributed by atoms with Crippen LogP contribution in [0, 0.1) is 0 Å². The van der Waals surface area contributed by atoms with Crippen molar-refractivity contribution in [3.05, 3.63) is 86.1 Å². The van der Waals surface area contributed by atoms with Crippen LogP contribution in [0.4, 0.5) is 0 Å². The van der Waals surface area contributed by atoms with Crippen molar-refractivity contribution in [2.45, 2.75) is 13.8 Å². The number of hydrogen-bond acceptors (Lipinski definition) is 0. The molecule has 0 saturated heterocycles. The van der Waals surface area contributed by atoms with E-state index in [1.807, 2.05) is 74.6 Å². The monoisotopic (exact) mass is 214 g/mol. The van der Waals surface area contributed by atoms with Gasteiger partial charge in [0.1, 0.15) is 0 Å². The third-order valence-corrected chi connectivity index (χ3v) is 1.32. The fraction of sp³-hybridized carbons (Fsp3) is 0.125. The fourth-order valence-corrected chi connectivity index (χ4v) is 0.636. The Hall–Kier alpha value is -1.82. The van der Waals surface area contributed by atoms with Gasteiger partial charge in [0.15, 0.2) is 0 Å². The molecule has 16 heavy (non-hydrogen) atoms. The second kappa shape index (κ2) is 18.9. The highest BCUT2D eigenvalue weighted by atomic mass is 13.6. The molecule has 86 valence electrons. The van der Waals surface area contributed by atoms with E-state index < -0.39 is 0 Å². The van der Waals surface area contributed by atoms with Crippen LogP contribution < -0.4 is 0 Å². The van der Waals surface area contributed by atoms with Crippen LogP contribution in [0.15, 0.2) is 86.1 Å². The molecule has 0 fully saturated rings. The molecule has 0 N–H and O–H groups in total. The fourth-order valence-electron chi connectivity index (χ4n) is 0.636. The summed E-state index contributed by atoms with van der Waals surface area (Å²) in [5.74, 6) is 0. The highest BCUT2D eigenvalue weighted by molar-refractivity contribution is 5.13. The van der Waals surface area contributed by atoms with Gasteiger partial charge in [-0.15, -0.1) is 0 Å². The summed E-state index contributed by atoms with van der Waals surface area (Å²) in [5.41, 5.74) is 0. The Morgan fingerprint density at radius 2 is 0.812 bits per heavy atom. The minimum atomic E-state index is 1.75. The van der Waals surface area contributed by atoms with Crippen LogP contribution in [-0.4, -0.2) is 0 Å². The van der Waals surface area contributed by atoms with Gasteiger partial charge in [0.2, 0.25) is 0 Å². The predicted octanol–water partition coefficient (Wildman–Crippen LogP) is 5.17.